The number of nitro groups is 1. The van der Waals surface area contributed by atoms with E-state index in [9.17, 15) is 28.1 Å². The molecule has 0 bridgehead atoms. The Balaban J connectivity index is 2.57. The summed E-state index contributed by atoms with van der Waals surface area (Å²) < 4.78 is 40.0. The molecule has 0 spiro atoms. The van der Waals surface area contributed by atoms with Crippen LogP contribution in [0.4, 0.5) is 18.9 Å². The van der Waals surface area contributed by atoms with Crippen molar-refractivity contribution in [3.05, 3.63) is 63.7 Å². The Labute approximate surface area is 134 Å². The molecule has 1 unspecified atom stereocenters. The van der Waals surface area contributed by atoms with Crippen LogP contribution < -0.4 is 0 Å². The van der Waals surface area contributed by atoms with Gasteiger partial charge in [-0.3, -0.25) is 14.9 Å². The minimum absolute atomic E-state index is 0.0282. The molecule has 24 heavy (non-hydrogen) atoms. The Hall–Kier alpha value is -2.90. The van der Waals surface area contributed by atoms with Crippen LogP contribution in [-0.4, -0.2) is 16.0 Å². The van der Waals surface area contributed by atoms with Crippen molar-refractivity contribution in [3.63, 3.8) is 0 Å². The van der Waals surface area contributed by atoms with E-state index >= 15 is 0 Å². The molecule has 5 nitrogen and oxygen atoms in total. The standard InChI is InChI=1S/C16H12F3NO4/c1-9(15(21)22)11-4-7-13(14(8-11)16(17,18)19)10-2-5-12(6-3-10)20(23)24/h2-9H,1H3,(H,21,22). The van der Waals surface area contributed by atoms with E-state index in [0.29, 0.717) is 0 Å². The number of nitro benzene ring substituents is 1. The third kappa shape index (κ3) is 3.53. The molecule has 2 aromatic carbocycles. The van der Waals surface area contributed by atoms with Crippen molar-refractivity contribution in [2.75, 3.05) is 0 Å². The molecule has 2 rings (SSSR count). The van der Waals surface area contributed by atoms with Crippen LogP contribution in [0.15, 0.2) is 42.5 Å². The number of alkyl halides is 3. The van der Waals surface area contributed by atoms with Crippen molar-refractivity contribution in [1.82, 2.24) is 0 Å². The molecule has 0 fully saturated rings. The molecule has 0 aliphatic rings. The average molecular weight is 339 g/mol. The summed E-state index contributed by atoms with van der Waals surface area (Å²) in [7, 11) is 0. The van der Waals surface area contributed by atoms with Gasteiger partial charge in [-0.2, -0.15) is 13.2 Å². The van der Waals surface area contributed by atoms with Crippen LogP contribution in [0.1, 0.15) is 24.0 Å². The summed E-state index contributed by atoms with van der Waals surface area (Å²) in [6.07, 6.45) is -4.69. The normalized spacial score (nSPS) is 12.7. The first-order chi connectivity index (χ1) is 11.1. The SMILES string of the molecule is CC(C(=O)O)c1ccc(-c2ccc([N+](=O)[O-])cc2)c(C(F)(F)F)c1. The zero-order valence-corrected chi connectivity index (χ0v) is 12.4. The topological polar surface area (TPSA) is 80.4 Å². The van der Waals surface area contributed by atoms with Gasteiger partial charge >= 0.3 is 12.1 Å². The first kappa shape index (κ1) is 17.5. The number of hydrogen-bond acceptors (Lipinski definition) is 3. The van der Waals surface area contributed by atoms with Crippen LogP contribution in [0.2, 0.25) is 0 Å². The van der Waals surface area contributed by atoms with Gasteiger partial charge in [0.1, 0.15) is 0 Å². The number of carbonyl (C=O) groups is 1. The largest absolute Gasteiger partial charge is 0.481 e. The number of carboxylic acids is 1. The number of benzene rings is 2. The third-order valence-corrected chi connectivity index (χ3v) is 3.61. The maximum Gasteiger partial charge on any atom is 0.417 e. The minimum Gasteiger partial charge on any atom is -0.481 e. The summed E-state index contributed by atoms with van der Waals surface area (Å²) in [6, 6.07) is 7.97. The quantitative estimate of drug-likeness (QED) is 0.658. The summed E-state index contributed by atoms with van der Waals surface area (Å²) in [4.78, 5) is 21.0. The number of aliphatic carboxylic acids is 1. The lowest BCUT2D eigenvalue weighted by Gasteiger charge is -2.16. The molecule has 0 radical (unpaired) electrons. The summed E-state index contributed by atoms with van der Waals surface area (Å²) in [5.74, 6) is -2.32. The van der Waals surface area contributed by atoms with Crippen LogP contribution in [0, 0.1) is 10.1 Å². The summed E-state index contributed by atoms with van der Waals surface area (Å²) in [6.45, 7) is 1.30. The monoisotopic (exact) mass is 339 g/mol. The van der Waals surface area contributed by atoms with Gasteiger partial charge in [-0.25, -0.2) is 0 Å². The van der Waals surface area contributed by atoms with Gasteiger partial charge in [-0.15, -0.1) is 0 Å². The van der Waals surface area contributed by atoms with Gasteiger partial charge in [0, 0.05) is 12.1 Å². The molecule has 0 aliphatic carbocycles. The fourth-order valence-electron chi connectivity index (χ4n) is 2.22. The Bertz CT molecular complexity index is 785. The minimum atomic E-state index is -4.69. The van der Waals surface area contributed by atoms with Gasteiger partial charge in [-0.05, 0) is 41.8 Å². The molecule has 0 amide bonds. The Morgan fingerprint density at radius 2 is 1.75 bits per heavy atom. The van der Waals surface area contributed by atoms with Crippen molar-refractivity contribution in [2.45, 2.75) is 19.0 Å². The second-order valence-corrected chi connectivity index (χ2v) is 5.17. The molecule has 0 aromatic heterocycles. The smallest absolute Gasteiger partial charge is 0.417 e. The van der Waals surface area contributed by atoms with Gasteiger partial charge in [0.25, 0.3) is 5.69 Å². The average Bonchev–Trinajstić information content (AvgIpc) is 2.52. The second-order valence-electron chi connectivity index (χ2n) is 5.17. The molecule has 0 heterocycles. The first-order valence-electron chi connectivity index (χ1n) is 6.80. The predicted molar refractivity (Wildman–Crippen MR) is 79.6 cm³/mol. The molecule has 0 aliphatic heterocycles. The molecule has 0 saturated heterocycles. The lowest BCUT2D eigenvalue weighted by atomic mass is 9.92. The molecule has 8 heteroatoms. The van der Waals surface area contributed by atoms with Gasteiger partial charge in [-0.1, -0.05) is 12.1 Å². The summed E-state index contributed by atoms with van der Waals surface area (Å²) >= 11 is 0. The number of nitrogens with zero attached hydrogens (tertiary/aromatic N) is 1. The van der Waals surface area contributed by atoms with Crippen molar-refractivity contribution in [3.8, 4) is 11.1 Å². The van der Waals surface area contributed by atoms with Crippen LogP contribution in [0.5, 0.6) is 0 Å². The van der Waals surface area contributed by atoms with Crippen molar-refractivity contribution >= 4 is 11.7 Å². The zero-order valence-electron chi connectivity index (χ0n) is 12.4. The highest BCUT2D eigenvalue weighted by Crippen LogP contribution is 2.39. The number of rotatable bonds is 4. The maximum absolute atomic E-state index is 13.3. The van der Waals surface area contributed by atoms with Crippen LogP contribution in [0.3, 0.4) is 0 Å². The third-order valence-electron chi connectivity index (χ3n) is 3.61. The highest BCUT2D eigenvalue weighted by Gasteiger charge is 2.34. The van der Waals surface area contributed by atoms with E-state index in [1.54, 1.807) is 0 Å². The maximum atomic E-state index is 13.3. The van der Waals surface area contributed by atoms with E-state index in [4.69, 9.17) is 5.11 Å². The molecule has 126 valence electrons. The lowest BCUT2D eigenvalue weighted by molar-refractivity contribution is -0.384. The zero-order chi connectivity index (χ0) is 18.1. The van der Waals surface area contributed by atoms with E-state index in [-0.39, 0.29) is 22.4 Å². The molecule has 1 atom stereocenters. The fraction of sp³-hybridized carbons (Fsp3) is 0.188. The molecule has 1 N–H and O–H groups in total. The first-order valence-corrected chi connectivity index (χ1v) is 6.80. The van der Waals surface area contributed by atoms with E-state index < -0.39 is 28.6 Å². The second kappa shape index (κ2) is 6.31. The molecular formula is C16H12F3NO4. The van der Waals surface area contributed by atoms with Crippen molar-refractivity contribution < 1.29 is 28.0 Å². The summed E-state index contributed by atoms with van der Waals surface area (Å²) in [5.41, 5.74) is -1.20. The van der Waals surface area contributed by atoms with E-state index in [0.717, 1.165) is 18.2 Å². The van der Waals surface area contributed by atoms with E-state index in [1.165, 1.54) is 31.2 Å². The number of non-ortho nitro benzene ring substituents is 1. The van der Waals surface area contributed by atoms with Crippen LogP contribution in [-0.2, 0) is 11.0 Å². The Morgan fingerprint density at radius 1 is 1.17 bits per heavy atom. The van der Waals surface area contributed by atoms with Crippen LogP contribution in [0.25, 0.3) is 11.1 Å². The summed E-state index contributed by atoms with van der Waals surface area (Å²) in [5, 5.41) is 19.6. The number of halogens is 3. The molecule has 2 aromatic rings. The van der Waals surface area contributed by atoms with Crippen molar-refractivity contribution in [2.24, 2.45) is 0 Å². The Kier molecular flexibility index (Phi) is 4.59. The van der Waals surface area contributed by atoms with Crippen molar-refractivity contribution in [1.29, 1.82) is 0 Å². The molecule has 0 saturated carbocycles. The van der Waals surface area contributed by atoms with Crippen LogP contribution >= 0.6 is 0 Å². The van der Waals surface area contributed by atoms with E-state index in [1.807, 2.05) is 0 Å². The van der Waals surface area contributed by atoms with Gasteiger partial charge in [0.2, 0.25) is 0 Å². The number of carboxylic acid groups (broad SMARTS) is 1. The van der Waals surface area contributed by atoms with Gasteiger partial charge < -0.3 is 5.11 Å². The van der Waals surface area contributed by atoms with E-state index in [2.05, 4.69) is 0 Å². The molecular weight excluding hydrogens is 327 g/mol. The number of hydrogen-bond donors (Lipinski definition) is 1. The predicted octanol–water partition coefficient (Wildman–Crippen LogP) is 4.47. The lowest BCUT2D eigenvalue weighted by Crippen LogP contribution is -2.12. The highest BCUT2D eigenvalue weighted by molar-refractivity contribution is 5.77. The van der Waals surface area contributed by atoms with Gasteiger partial charge in [0.05, 0.1) is 16.4 Å². The highest BCUT2D eigenvalue weighted by atomic mass is 19.4. The fourth-order valence-corrected chi connectivity index (χ4v) is 2.22. The van der Waals surface area contributed by atoms with Gasteiger partial charge in [0.15, 0.2) is 0 Å². The Morgan fingerprint density at radius 3 is 2.21 bits per heavy atom.